The minimum absolute atomic E-state index is 0.0121. The Bertz CT molecular complexity index is 869. The number of rotatable bonds is 7. The van der Waals surface area contributed by atoms with E-state index in [-0.39, 0.29) is 17.2 Å². The van der Waals surface area contributed by atoms with Crippen LogP contribution in [0.5, 0.6) is 0 Å². The van der Waals surface area contributed by atoms with E-state index in [1.165, 1.54) is 42.4 Å². The molecule has 0 aromatic carbocycles. The van der Waals surface area contributed by atoms with E-state index >= 15 is 0 Å². The molecular weight excluding hydrogens is 382 g/mol. The zero-order valence-electron chi connectivity index (χ0n) is 16.2. The number of hydrogen-bond acceptors (Lipinski definition) is 6. The van der Waals surface area contributed by atoms with Gasteiger partial charge in [0.15, 0.2) is 5.16 Å². The van der Waals surface area contributed by atoms with Crippen LogP contribution in [-0.4, -0.2) is 41.0 Å². The van der Waals surface area contributed by atoms with E-state index in [0.29, 0.717) is 29.7 Å². The van der Waals surface area contributed by atoms with Gasteiger partial charge in [-0.2, -0.15) is 0 Å². The monoisotopic (exact) mass is 409 g/mol. The molecule has 3 rings (SSSR count). The Balaban J connectivity index is 1.79. The van der Waals surface area contributed by atoms with Crippen molar-refractivity contribution in [1.29, 1.82) is 0 Å². The summed E-state index contributed by atoms with van der Waals surface area (Å²) < 4.78 is 6.80. The number of carbonyl (C=O) groups is 1. The molecule has 1 N–H and O–H groups in total. The van der Waals surface area contributed by atoms with Gasteiger partial charge in [-0.1, -0.05) is 31.0 Å². The number of hydrogen-bond donors (Lipinski definition) is 1. The van der Waals surface area contributed by atoms with Crippen molar-refractivity contribution in [2.24, 2.45) is 0 Å². The second-order valence-electron chi connectivity index (χ2n) is 7.00. The lowest BCUT2D eigenvalue weighted by molar-refractivity contribution is -0.119. The largest absolute Gasteiger partial charge is 0.383 e. The van der Waals surface area contributed by atoms with Gasteiger partial charge in [-0.15, -0.1) is 11.3 Å². The normalized spacial score (nSPS) is 15.4. The number of thioether (sulfide) groups is 1. The van der Waals surface area contributed by atoms with Crippen molar-refractivity contribution in [1.82, 2.24) is 14.9 Å². The molecule has 8 heteroatoms. The fraction of sp³-hybridized carbons (Fsp3) is 0.632. The minimum Gasteiger partial charge on any atom is -0.383 e. The predicted octanol–water partition coefficient (Wildman–Crippen LogP) is 3.26. The topological polar surface area (TPSA) is 73.2 Å². The minimum atomic E-state index is -0.0471. The summed E-state index contributed by atoms with van der Waals surface area (Å²) in [7, 11) is 1.61. The van der Waals surface area contributed by atoms with Crippen LogP contribution < -0.4 is 10.9 Å². The first-order chi connectivity index (χ1) is 13.0. The van der Waals surface area contributed by atoms with Crippen molar-refractivity contribution >= 4 is 39.2 Å². The number of aryl methyl sites for hydroxylation is 2. The van der Waals surface area contributed by atoms with E-state index in [0.717, 1.165) is 28.1 Å². The second kappa shape index (κ2) is 9.21. The SMILES string of the molecule is COCCn1c(SCC(=O)NC2CCCCC2)nc2sc(C)c(C)c2c1=O. The Kier molecular flexibility index (Phi) is 6.94. The van der Waals surface area contributed by atoms with Gasteiger partial charge < -0.3 is 10.1 Å². The van der Waals surface area contributed by atoms with E-state index in [2.05, 4.69) is 5.32 Å². The van der Waals surface area contributed by atoms with Gasteiger partial charge in [-0.25, -0.2) is 4.98 Å². The second-order valence-corrected chi connectivity index (χ2v) is 9.14. The van der Waals surface area contributed by atoms with Crippen molar-refractivity contribution in [2.45, 2.75) is 63.7 Å². The molecule has 0 spiro atoms. The molecule has 0 unspecified atom stereocenters. The van der Waals surface area contributed by atoms with Gasteiger partial charge in [0.05, 0.1) is 24.3 Å². The molecule has 1 aliphatic carbocycles. The van der Waals surface area contributed by atoms with Crippen molar-refractivity contribution in [2.75, 3.05) is 19.5 Å². The Morgan fingerprint density at radius 2 is 2.07 bits per heavy atom. The number of ether oxygens (including phenoxy) is 1. The first kappa shape index (κ1) is 20.4. The molecule has 1 saturated carbocycles. The summed E-state index contributed by atoms with van der Waals surface area (Å²) in [6.07, 6.45) is 5.75. The van der Waals surface area contributed by atoms with Crippen LogP contribution in [0.2, 0.25) is 0 Å². The van der Waals surface area contributed by atoms with E-state index in [9.17, 15) is 9.59 Å². The van der Waals surface area contributed by atoms with Crippen molar-refractivity contribution in [3.8, 4) is 0 Å². The third-order valence-corrected chi connectivity index (χ3v) is 7.15. The summed E-state index contributed by atoms with van der Waals surface area (Å²) >= 11 is 2.86. The van der Waals surface area contributed by atoms with Crippen LogP contribution in [-0.2, 0) is 16.1 Å². The van der Waals surface area contributed by atoms with Gasteiger partial charge in [0.1, 0.15) is 4.83 Å². The third-order valence-electron chi connectivity index (χ3n) is 5.08. The molecule has 0 atom stereocenters. The predicted molar refractivity (Wildman–Crippen MR) is 111 cm³/mol. The molecule has 0 bridgehead atoms. The van der Waals surface area contributed by atoms with Gasteiger partial charge in [0, 0.05) is 18.0 Å². The van der Waals surface area contributed by atoms with Crippen molar-refractivity contribution in [3.63, 3.8) is 0 Å². The Morgan fingerprint density at radius 1 is 1.33 bits per heavy atom. The quantitative estimate of drug-likeness (QED) is 0.561. The Morgan fingerprint density at radius 3 is 2.78 bits per heavy atom. The number of carbonyl (C=O) groups excluding carboxylic acids is 1. The lowest BCUT2D eigenvalue weighted by Gasteiger charge is -2.22. The van der Waals surface area contributed by atoms with E-state index in [4.69, 9.17) is 9.72 Å². The molecular formula is C19H27N3O3S2. The molecule has 1 aliphatic rings. The molecule has 0 radical (unpaired) electrons. The fourth-order valence-electron chi connectivity index (χ4n) is 3.44. The summed E-state index contributed by atoms with van der Waals surface area (Å²) in [5.41, 5.74) is 0.944. The van der Waals surface area contributed by atoms with Gasteiger partial charge >= 0.3 is 0 Å². The molecule has 1 amide bonds. The number of nitrogens with one attached hydrogen (secondary N) is 1. The highest BCUT2D eigenvalue weighted by molar-refractivity contribution is 7.99. The molecule has 2 aromatic heterocycles. The zero-order valence-corrected chi connectivity index (χ0v) is 17.8. The third kappa shape index (κ3) is 4.73. The summed E-state index contributed by atoms with van der Waals surface area (Å²) in [6.45, 7) is 4.82. The molecule has 0 aliphatic heterocycles. The number of nitrogens with zero attached hydrogens (tertiary/aromatic N) is 2. The van der Waals surface area contributed by atoms with E-state index < -0.39 is 0 Å². The van der Waals surface area contributed by atoms with E-state index in [1.54, 1.807) is 11.7 Å². The maximum atomic E-state index is 13.0. The standard InChI is InChI=1S/C19H27N3O3S2/c1-12-13(2)27-17-16(12)18(24)22(9-10-25-3)19(21-17)26-11-15(23)20-14-7-5-4-6-8-14/h14H,4-11H2,1-3H3,(H,20,23). The van der Waals surface area contributed by atoms with Crippen molar-refractivity contribution < 1.29 is 9.53 Å². The summed E-state index contributed by atoms with van der Waals surface area (Å²) in [5.74, 6) is 0.281. The molecule has 1 fully saturated rings. The van der Waals surface area contributed by atoms with Crippen LogP contribution in [0.1, 0.15) is 42.5 Å². The molecule has 0 saturated heterocycles. The van der Waals surface area contributed by atoms with Crippen LogP contribution >= 0.6 is 23.1 Å². The summed E-state index contributed by atoms with van der Waals surface area (Å²) in [5, 5.41) is 4.39. The van der Waals surface area contributed by atoms with E-state index in [1.807, 2.05) is 13.8 Å². The molecule has 6 nitrogen and oxygen atoms in total. The molecule has 2 heterocycles. The molecule has 27 heavy (non-hydrogen) atoms. The van der Waals surface area contributed by atoms with Gasteiger partial charge in [-0.05, 0) is 32.3 Å². The zero-order chi connectivity index (χ0) is 19.4. The van der Waals surface area contributed by atoms with Crippen LogP contribution in [0.4, 0.5) is 0 Å². The highest BCUT2D eigenvalue weighted by Gasteiger charge is 2.19. The maximum absolute atomic E-state index is 13.0. The Hall–Kier alpha value is -1.38. The van der Waals surface area contributed by atoms with Gasteiger partial charge in [-0.3, -0.25) is 14.2 Å². The Labute approximate surface area is 167 Å². The lowest BCUT2D eigenvalue weighted by atomic mass is 9.95. The number of aromatic nitrogens is 2. The van der Waals surface area contributed by atoms with Crippen LogP contribution in [0.15, 0.2) is 9.95 Å². The highest BCUT2D eigenvalue weighted by Crippen LogP contribution is 2.28. The van der Waals surface area contributed by atoms with Crippen molar-refractivity contribution in [3.05, 3.63) is 20.8 Å². The molecule has 148 valence electrons. The number of amides is 1. The number of fused-ring (bicyclic) bond motifs is 1. The molecule has 2 aromatic rings. The fourth-order valence-corrected chi connectivity index (χ4v) is 5.35. The number of thiophene rings is 1. The smallest absolute Gasteiger partial charge is 0.263 e. The summed E-state index contributed by atoms with van der Waals surface area (Å²) in [4.78, 5) is 31.9. The number of methoxy groups -OCH3 is 1. The first-order valence-corrected chi connectivity index (χ1v) is 11.2. The van der Waals surface area contributed by atoms with Gasteiger partial charge in [0.2, 0.25) is 5.91 Å². The average Bonchev–Trinajstić information content (AvgIpc) is 2.94. The van der Waals surface area contributed by atoms with Crippen LogP contribution in [0, 0.1) is 13.8 Å². The maximum Gasteiger partial charge on any atom is 0.263 e. The summed E-state index contributed by atoms with van der Waals surface area (Å²) in [6, 6.07) is 0.292. The lowest BCUT2D eigenvalue weighted by Crippen LogP contribution is -2.37. The average molecular weight is 410 g/mol. The van der Waals surface area contributed by atoms with Gasteiger partial charge in [0.25, 0.3) is 5.56 Å². The van der Waals surface area contributed by atoms with Crippen LogP contribution in [0.3, 0.4) is 0 Å². The first-order valence-electron chi connectivity index (χ1n) is 9.43. The highest BCUT2D eigenvalue weighted by atomic mass is 32.2. The van der Waals surface area contributed by atoms with Crippen LogP contribution in [0.25, 0.3) is 10.2 Å².